The van der Waals surface area contributed by atoms with Gasteiger partial charge in [-0.25, -0.2) is 9.37 Å². The number of carbonyl (C=O) groups is 4. The van der Waals surface area contributed by atoms with Crippen LogP contribution in [0.25, 0.3) is 22.3 Å². The predicted molar refractivity (Wildman–Crippen MR) is 276 cm³/mol. The van der Waals surface area contributed by atoms with Crippen molar-refractivity contribution in [3.8, 4) is 28.0 Å². The van der Waals surface area contributed by atoms with Crippen molar-refractivity contribution in [2.75, 3.05) is 86.7 Å². The van der Waals surface area contributed by atoms with Crippen molar-refractivity contribution >= 4 is 82.2 Å². The average Bonchev–Trinajstić information content (AvgIpc) is 3.91. The van der Waals surface area contributed by atoms with Gasteiger partial charge in [-0.1, -0.05) is 41.9 Å². The molecule has 72 heavy (non-hydrogen) atoms. The van der Waals surface area contributed by atoms with Gasteiger partial charge in [-0.05, 0) is 80.5 Å². The Labute approximate surface area is 421 Å². The number of nitrogens with one attached hydrogen (secondary N) is 3. The molecule has 20 heteroatoms. The zero-order chi connectivity index (χ0) is 50.4. The Morgan fingerprint density at radius 3 is 2.24 bits per heavy atom. The van der Waals surface area contributed by atoms with E-state index in [4.69, 9.17) is 21.3 Å². The molecule has 1 atom stereocenters. The summed E-state index contributed by atoms with van der Waals surface area (Å²) in [6.07, 6.45) is 7.41. The molecular formula is C52H54ClFN11O6P. The smallest absolute Gasteiger partial charge is 0.262 e. The second-order valence-corrected chi connectivity index (χ2v) is 22.6. The molecule has 6 aromatic rings. The molecule has 4 aromatic carbocycles. The van der Waals surface area contributed by atoms with E-state index in [2.05, 4.69) is 40.7 Å². The van der Waals surface area contributed by atoms with Crippen molar-refractivity contribution in [1.82, 2.24) is 34.9 Å². The lowest BCUT2D eigenvalue weighted by Crippen LogP contribution is -2.54. The number of piperazine rings is 1. The van der Waals surface area contributed by atoms with Crippen LogP contribution < -0.4 is 35.8 Å². The summed E-state index contributed by atoms with van der Waals surface area (Å²) in [6.45, 7) is 8.90. The van der Waals surface area contributed by atoms with E-state index >= 15 is 4.39 Å². The summed E-state index contributed by atoms with van der Waals surface area (Å²) in [5, 5.41) is 13.5. The highest BCUT2D eigenvalue weighted by molar-refractivity contribution is 7.70. The summed E-state index contributed by atoms with van der Waals surface area (Å²) < 4.78 is 37.6. The van der Waals surface area contributed by atoms with Crippen molar-refractivity contribution in [2.45, 2.75) is 31.7 Å². The Morgan fingerprint density at radius 2 is 1.54 bits per heavy atom. The minimum atomic E-state index is -3.16. The number of fused-ring (bicyclic) bond motifs is 1. The van der Waals surface area contributed by atoms with E-state index in [1.807, 2.05) is 55.8 Å². The first-order chi connectivity index (χ1) is 34.6. The number of ether oxygens (including phenoxy) is 1. The number of amides is 4. The monoisotopic (exact) mass is 1010 g/mol. The molecule has 372 valence electrons. The number of aryl methyl sites for hydroxylation is 1. The highest BCUT2D eigenvalue weighted by Gasteiger charge is 2.45. The van der Waals surface area contributed by atoms with Crippen LogP contribution in [-0.2, 0) is 21.2 Å². The van der Waals surface area contributed by atoms with Crippen LogP contribution in [0.5, 0.6) is 5.75 Å². The van der Waals surface area contributed by atoms with Gasteiger partial charge in [0.2, 0.25) is 17.8 Å². The van der Waals surface area contributed by atoms with Crippen molar-refractivity contribution in [3.63, 3.8) is 0 Å². The summed E-state index contributed by atoms with van der Waals surface area (Å²) in [5.41, 5.74) is 6.17. The molecule has 0 saturated carbocycles. The molecule has 4 aliphatic heterocycles. The first kappa shape index (κ1) is 48.5. The maximum atomic E-state index is 16.2. The molecular weight excluding hydrogens is 960 g/mol. The predicted octanol–water partition coefficient (Wildman–Crippen LogP) is 7.52. The normalized spacial score (nSPS) is 17.9. The molecule has 2 aromatic heterocycles. The van der Waals surface area contributed by atoms with Gasteiger partial charge >= 0.3 is 0 Å². The van der Waals surface area contributed by atoms with Gasteiger partial charge in [0.25, 0.3) is 11.8 Å². The maximum absolute atomic E-state index is 16.2. The third-order valence-corrected chi connectivity index (χ3v) is 15.7. The fraction of sp³-hybridized carbons (Fsp3) is 0.327. The minimum absolute atomic E-state index is 0.0613. The summed E-state index contributed by atoms with van der Waals surface area (Å²) in [6, 6.07) is 20.8. The van der Waals surface area contributed by atoms with E-state index in [0.717, 1.165) is 86.1 Å². The molecule has 0 aliphatic carbocycles. The van der Waals surface area contributed by atoms with E-state index in [1.54, 1.807) is 48.2 Å². The Balaban J connectivity index is 0.803. The van der Waals surface area contributed by atoms with E-state index in [9.17, 15) is 23.7 Å². The quantitative estimate of drug-likeness (QED) is 0.0762. The SMILES string of the molecule is COc1cc(N2CCC(CN3CCN(c4ccc5c(c4)C(=O)N(C4CCC(=O)NC4=O)C5=O)CC3)CC2)c(-c2cnn(C)c2)cc1Nc1ncc(Cl)c(Nc2ccc(-c3ccccc3)c(F)c2P(C)(C)=O)n1. The number of aromatic nitrogens is 4. The molecule has 4 amide bonds. The van der Waals surface area contributed by atoms with Crippen LogP contribution >= 0.6 is 18.7 Å². The lowest BCUT2D eigenvalue weighted by Gasteiger charge is -2.40. The minimum Gasteiger partial charge on any atom is -0.494 e. The number of anilines is 6. The summed E-state index contributed by atoms with van der Waals surface area (Å²) in [7, 11) is 0.335. The zero-order valence-corrected chi connectivity index (χ0v) is 42.0. The Bertz CT molecular complexity index is 3170. The second kappa shape index (κ2) is 19.8. The van der Waals surface area contributed by atoms with Gasteiger partial charge in [0.15, 0.2) is 5.82 Å². The van der Waals surface area contributed by atoms with E-state index < -0.39 is 42.6 Å². The summed E-state index contributed by atoms with van der Waals surface area (Å²) >= 11 is 6.64. The van der Waals surface area contributed by atoms with Crippen LogP contribution in [0.3, 0.4) is 0 Å². The van der Waals surface area contributed by atoms with Gasteiger partial charge in [0.1, 0.15) is 29.8 Å². The molecule has 17 nitrogen and oxygen atoms in total. The highest BCUT2D eigenvalue weighted by atomic mass is 35.5. The van der Waals surface area contributed by atoms with Gasteiger partial charge in [0.05, 0.1) is 47.3 Å². The average molecular weight is 1010 g/mol. The van der Waals surface area contributed by atoms with Gasteiger partial charge in [-0.2, -0.15) is 10.1 Å². The molecule has 6 heterocycles. The number of halogens is 2. The van der Waals surface area contributed by atoms with E-state index in [0.29, 0.717) is 28.5 Å². The van der Waals surface area contributed by atoms with Crippen LogP contribution in [0, 0.1) is 11.7 Å². The van der Waals surface area contributed by atoms with Gasteiger partial charge in [-0.15, -0.1) is 0 Å². The fourth-order valence-corrected chi connectivity index (χ4v) is 11.7. The van der Waals surface area contributed by atoms with Gasteiger partial charge < -0.3 is 29.7 Å². The summed E-state index contributed by atoms with van der Waals surface area (Å²) in [5.74, 6) is -1.17. The van der Waals surface area contributed by atoms with Crippen LogP contribution in [-0.4, -0.2) is 125 Å². The lowest BCUT2D eigenvalue weighted by atomic mass is 9.94. The van der Waals surface area contributed by atoms with Crippen LogP contribution in [0.15, 0.2) is 91.4 Å². The number of hydrogen-bond donors (Lipinski definition) is 3. The van der Waals surface area contributed by atoms with Crippen molar-refractivity contribution in [2.24, 2.45) is 13.0 Å². The van der Waals surface area contributed by atoms with Crippen LogP contribution in [0.1, 0.15) is 46.4 Å². The van der Waals surface area contributed by atoms with Crippen LogP contribution in [0.2, 0.25) is 5.02 Å². The number of piperidine rings is 2. The number of hydrogen-bond acceptors (Lipinski definition) is 14. The molecule has 0 bridgehead atoms. The topological polar surface area (TPSA) is 187 Å². The van der Waals surface area contributed by atoms with Crippen molar-refractivity contribution in [3.05, 3.63) is 113 Å². The van der Waals surface area contributed by atoms with Gasteiger partial charge in [-0.3, -0.25) is 39.0 Å². The van der Waals surface area contributed by atoms with Crippen molar-refractivity contribution in [1.29, 1.82) is 0 Å². The number of methoxy groups -OCH3 is 1. The zero-order valence-electron chi connectivity index (χ0n) is 40.3. The number of imide groups is 2. The van der Waals surface area contributed by atoms with E-state index in [-0.39, 0.29) is 51.7 Å². The molecule has 10 rings (SSSR count). The first-order valence-corrected chi connectivity index (χ1v) is 26.9. The Morgan fingerprint density at radius 1 is 0.806 bits per heavy atom. The third-order valence-electron chi connectivity index (χ3n) is 13.9. The van der Waals surface area contributed by atoms with Gasteiger partial charge in [0, 0.05) is 99.6 Å². The molecule has 0 radical (unpaired) electrons. The van der Waals surface area contributed by atoms with Crippen LogP contribution in [0.4, 0.5) is 38.9 Å². The standard InChI is InChI=1S/C52H54ClFN11O6P/c1-61-30-33(27-56-61)37-25-41(58-52-55-28-39(53)48(60-52)57-40-13-12-35(32-8-6-5-7-9-32)46(54)47(40)72(3,4)70)44(71-2)26-43(37)64-18-16-31(17-19-64)29-62-20-22-63(23-21-62)34-10-11-36-38(24-34)51(69)65(50(36)68)42-14-15-45(66)59-49(42)67/h5-13,24-28,30-31,42H,14-23,29H2,1-4H3,(H,59,66,67)(H2,55,57,58,60). The number of rotatable bonds is 13. The molecule has 3 fully saturated rings. The molecule has 3 N–H and O–H groups in total. The maximum Gasteiger partial charge on any atom is 0.262 e. The highest BCUT2D eigenvalue weighted by Crippen LogP contribution is 2.44. The molecule has 3 saturated heterocycles. The summed E-state index contributed by atoms with van der Waals surface area (Å²) in [4.78, 5) is 68.3. The molecule has 4 aliphatic rings. The second-order valence-electron chi connectivity index (χ2n) is 19.0. The number of carbonyl (C=O) groups excluding carboxylic acids is 4. The number of nitrogens with zero attached hydrogens (tertiary/aromatic N) is 8. The Kier molecular flexibility index (Phi) is 13.3. The van der Waals surface area contributed by atoms with E-state index in [1.165, 1.54) is 19.5 Å². The lowest BCUT2D eigenvalue weighted by molar-refractivity contribution is -0.136. The first-order valence-electron chi connectivity index (χ1n) is 23.9. The largest absolute Gasteiger partial charge is 0.494 e. The Hall–Kier alpha value is -7.14. The molecule has 0 spiro atoms. The fourth-order valence-electron chi connectivity index (χ4n) is 10.3. The third kappa shape index (κ3) is 9.65. The van der Waals surface area contributed by atoms with Crippen molar-refractivity contribution < 1.29 is 32.9 Å². The number of benzene rings is 4. The molecule has 1 unspecified atom stereocenters.